The fourth-order valence-corrected chi connectivity index (χ4v) is 2.09. The topological polar surface area (TPSA) is 98.0 Å². The van der Waals surface area contributed by atoms with E-state index >= 15 is 0 Å². The summed E-state index contributed by atoms with van der Waals surface area (Å²) in [6, 6.07) is 8.80. The van der Waals surface area contributed by atoms with Gasteiger partial charge in [0.2, 0.25) is 0 Å². The van der Waals surface area contributed by atoms with Crippen molar-refractivity contribution in [3.8, 4) is 0 Å². The molecule has 0 fully saturated rings. The predicted molar refractivity (Wildman–Crippen MR) is 74.3 cm³/mol. The Morgan fingerprint density at radius 3 is 1.95 bits per heavy atom. The highest BCUT2D eigenvalue weighted by Gasteiger charge is 2.22. The molecule has 4 N–H and O–H groups in total. The summed E-state index contributed by atoms with van der Waals surface area (Å²) in [5, 5.41) is 34.1. The molecule has 0 saturated carbocycles. The van der Waals surface area contributed by atoms with Crippen LogP contribution in [0.15, 0.2) is 24.3 Å². The second kappa shape index (κ2) is 8.81. The highest BCUT2D eigenvalue weighted by molar-refractivity contribution is 5.56. The third kappa shape index (κ3) is 5.02. The van der Waals surface area contributed by atoms with Crippen molar-refractivity contribution in [2.45, 2.75) is 44.0 Å². The Kier molecular flexibility index (Phi) is 7.40. The molecule has 0 unspecified atom stereocenters. The number of benzene rings is 1. The van der Waals surface area contributed by atoms with Gasteiger partial charge in [-0.3, -0.25) is 0 Å². The molecule has 1 aromatic rings. The summed E-state index contributed by atoms with van der Waals surface area (Å²) in [5.41, 5.74) is 3.16. The molecule has 3 atom stereocenters. The van der Waals surface area contributed by atoms with Gasteiger partial charge in [0.05, 0.1) is 6.61 Å². The quantitative estimate of drug-likeness (QED) is 0.575. The van der Waals surface area contributed by atoms with E-state index in [1.807, 2.05) is 0 Å². The van der Waals surface area contributed by atoms with Crippen LogP contribution in [0, 0.1) is 0 Å². The summed E-state index contributed by atoms with van der Waals surface area (Å²) in [7, 11) is 0. The van der Waals surface area contributed by atoms with Gasteiger partial charge in [-0.05, 0) is 36.8 Å². The maximum atomic E-state index is 9.76. The van der Waals surface area contributed by atoms with Crippen LogP contribution in [0.4, 0.5) is 0 Å². The Bertz CT molecular complexity index is 382. The number of hydrogen-bond donors (Lipinski definition) is 4. The van der Waals surface area contributed by atoms with Crippen LogP contribution in [0.2, 0.25) is 0 Å². The lowest BCUT2D eigenvalue weighted by Crippen LogP contribution is -2.40. The van der Waals surface area contributed by atoms with Gasteiger partial charge in [0.1, 0.15) is 18.3 Å². The number of rotatable bonds is 4. The first-order chi connectivity index (χ1) is 9.60. The van der Waals surface area contributed by atoms with E-state index in [0.717, 1.165) is 0 Å². The fourth-order valence-electron chi connectivity index (χ4n) is 2.09. The van der Waals surface area contributed by atoms with Crippen LogP contribution in [0.1, 0.15) is 24.0 Å². The van der Waals surface area contributed by atoms with Crippen molar-refractivity contribution in [2.75, 3.05) is 6.61 Å². The highest BCUT2D eigenvalue weighted by atomic mass is 16.4. The molecule has 5 nitrogen and oxygen atoms in total. The standard InChI is InChI=1S/C10H12.C5H10O5/c1-2-6-10-8-4-3-7-9(10)5-1;6-1-3(8)5(10)4(9)2-7/h1-2,5-6H,3-4,7-8H2;1,3-5,7-10H,2H2/t;3-,4+,5+/m.0/s1. The first-order valence-electron chi connectivity index (χ1n) is 6.77. The molecule has 0 aromatic heterocycles. The number of aryl methyl sites for hydroxylation is 2. The Balaban J connectivity index is 0.000000200. The third-order valence-electron chi connectivity index (χ3n) is 3.33. The molecular formula is C15H22O5. The van der Waals surface area contributed by atoms with Gasteiger partial charge in [-0.25, -0.2) is 0 Å². The zero-order valence-electron chi connectivity index (χ0n) is 11.4. The van der Waals surface area contributed by atoms with E-state index in [2.05, 4.69) is 24.3 Å². The molecule has 0 amide bonds. The third-order valence-corrected chi connectivity index (χ3v) is 3.33. The van der Waals surface area contributed by atoms with Crippen molar-refractivity contribution in [3.05, 3.63) is 35.4 Å². The fraction of sp³-hybridized carbons (Fsp3) is 0.533. The molecular weight excluding hydrogens is 260 g/mol. The molecule has 1 aliphatic carbocycles. The van der Waals surface area contributed by atoms with Crippen LogP contribution in [-0.4, -0.2) is 51.6 Å². The second-order valence-corrected chi connectivity index (χ2v) is 4.84. The second-order valence-electron chi connectivity index (χ2n) is 4.84. The molecule has 0 bridgehead atoms. The van der Waals surface area contributed by atoms with Gasteiger partial charge < -0.3 is 25.2 Å². The maximum Gasteiger partial charge on any atom is 0.151 e. The summed E-state index contributed by atoms with van der Waals surface area (Å²) in [6.07, 6.45) is 0.744. The summed E-state index contributed by atoms with van der Waals surface area (Å²) in [4.78, 5) is 9.76. The molecule has 112 valence electrons. The van der Waals surface area contributed by atoms with E-state index in [4.69, 9.17) is 20.4 Å². The molecule has 0 radical (unpaired) electrons. The molecule has 0 saturated heterocycles. The lowest BCUT2D eigenvalue weighted by atomic mass is 9.92. The van der Waals surface area contributed by atoms with E-state index in [1.54, 1.807) is 11.1 Å². The number of fused-ring (bicyclic) bond motifs is 1. The first kappa shape index (κ1) is 16.8. The molecule has 1 aliphatic rings. The average molecular weight is 282 g/mol. The van der Waals surface area contributed by atoms with Crippen molar-refractivity contribution in [2.24, 2.45) is 0 Å². The van der Waals surface area contributed by atoms with Gasteiger partial charge in [-0.15, -0.1) is 0 Å². The number of hydrogen-bond acceptors (Lipinski definition) is 5. The zero-order chi connectivity index (χ0) is 15.0. The summed E-state index contributed by atoms with van der Waals surface area (Å²) >= 11 is 0. The number of aliphatic hydroxyl groups is 4. The monoisotopic (exact) mass is 282 g/mol. The van der Waals surface area contributed by atoms with Crippen LogP contribution in [-0.2, 0) is 17.6 Å². The Morgan fingerprint density at radius 1 is 1.05 bits per heavy atom. The van der Waals surface area contributed by atoms with Crippen LogP contribution < -0.4 is 0 Å². The molecule has 0 spiro atoms. The zero-order valence-corrected chi connectivity index (χ0v) is 11.4. The van der Waals surface area contributed by atoms with Crippen LogP contribution in [0.3, 0.4) is 0 Å². The highest BCUT2D eigenvalue weighted by Crippen LogP contribution is 2.19. The molecule has 1 aromatic carbocycles. The minimum absolute atomic E-state index is 0.0869. The van der Waals surface area contributed by atoms with Crippen molar-refractivity contribution >= 4 is 6.29 Å². The van der Waals surface area contributed by atoms with Crippen molar-refractivity contribution < 1.29 is 25.2 Å². The number of aldehydes is 1. The number of carbonyl (C=O) groups is 1. The molecule has 0 heterocycles. The van der Waals surface area contributed by atoms with Gasteiger partial charge in [0.15, 0.2) is 6.29 Å². The first-order valence-corrected chi connectivity index (χ1v) is 6.77. The smallest absolute Gasteiger partial charge is 0.151 e. The molecule has 5 heteroatoms. The molecule has 0 aliphatic heterocycles. The van der Waals surface area contributed by atoms with E-state index in [1.165, 1.54) is 25.7 Å². The van der Waals surface area contributed by atoms with Crippen LogP contribution in [0.5, 0.6) is 0 Å². The maximum absolute atomic E-state index is 9.76. The van der Waals surface area contributed by atoms with Crippen molar-refractivity contribution in [1.29, 1.82) is 0 Å². The van der Waals surface area contributed by atoms with Gasteiger partial charge in [-0.2, -0.15) is 0 Å². The molecule has 2 rings (SSSR count). The minimum Gasteiger partial charge on any atom is -0.394 e. The average Bonchev–Trinajstić information content (AvgIpc) is 2.53. The van der Waals surface area contributed by atoms with E-state index in [0.29, 0.717) is 0 Å². The Labute approximate surface area is 118 Å². The molecule has 20 heavy (non-hydrogen) atoms. The van der Waals surface area contributed by atoms with Gasteiger partial charge in [0, 0.05) is 0 Å². The minimum atomic E-state index is -1.64. The van der Waals surface area contributed by atoms with Gasteiger partial charge >= 0.3 is 0 Å². The van der Waals surface area contributed by atoms with Gasteiger partial charge in [0.25, 0.3) is 0 Å². The SMILES string of the molecule is O=C[C@H](O)[C@@H](O)[C@H](O)CO.c1ccc2c(c1)CCCC2. The predicted octanol–water partition coefficient (Wildman–Crippen LogP) is -0.174. The summed E-state index contributed by atoms with van der Waals surface area (Å²) in [6.45, 7) is -0.688. The van der Waals surface area contributed by atoms with E-state index in [-0.39, 0.29) is 6.29 Å². The van der Waals surface area contributed by atoms with Crippen LogP contribution >= 0.6 is 0 Å². The lowest BCUT2D eigenvalue weighted by Gasteiger charge is -2.16. The largest absolute Gasteiger partial charge is 0.394 e. The van der Waals surface area contributed by atoms with E-state index in [9.17, 15) is 4.79 Å². The van der Waals surface area contributed by atoms with Gasteiger partial charge in [-0.1, -0.05) is 24.3 Å². The number of aliphatic hydroxyl groups excluding tert-OH is 4. The normalized spacial score (nSPS) is 18.0. The lowest BCUT2D eigenvalue weighted by molar-refractivity contribution is -0.127. The Hall–Kier alpha value is -1.27. The van der Waals surface area contributed by atoms with Crippen molar-refractivity contribution in [1.82, 2.24) is 0 Å². The summed E-state index contributed by atoms with van der Waals surface area (Å²) in [5.74, 6) is 0. The Morgan fingerprint density at radius 2 is 1.55 bits per heavy atom. The van der Waals surface area contributed by atoms with Crippen LogP contribution in [0.25, 0.3) is 0 Å². The summed E-state index contributed by atoms with van der Waals surface area (Å²) < 4.78 is 0. The van der Waals surface area contributed by atoms with E-state index < -0.39 is 24.9 Å². The van der Waals surface area contributed by atoms with Crippen molar-refractivity contribution in [3.63, 3.8) is 0 Å². The number of carbonyl (C=O) groups excluding carboxylic acids is 1.